The first kappa shape index (κ1) is 14.6. The maximum Gasteiger partial charge on any atom is 0.336 e. The summed E-state index contributed by atoms with van der Waals surface area (Å²) in [6.45, 7) is -0.0536. The second kappa shape index (κ2) is 6.11. The van der Waals surface area contributed by atoms with Gasteiger partial charge in [0.1, 0.15) is 18.2 Å². The summed E-state index contributed by atoms with van der Waals surface area (Å²) in [5.41, 5.74) is 0.193. The number of rotatable bonds is 4. The Morgan fingerprint density at radius 3 is 2.65 bits per heavy atom. The Kier molecular flexibility index (Phi) is 4.47. The zero-order valence-corrected chi connectivity index (χ0v) is 11.6. The lowest BCUT2D eigenvalue weighted by Crippen LogP contribution is -2.06. The van der Waals surface area contributed by atoms with Crippen molar-refractivity contribution in [2.24, 2.45) is 0 Å². The summed E-state index contributed by atoms with van der Waals surface area (Å²) in [7, 11) is 0. The van der Waals surface area contributed by atoms with Gasteiger partial charge in [0.25, 0.3) is 0 Å². The molecule has 0 atom stereocenters. The summed E-state index contributed by atoms with van der Waals surface area (Å²) in [6.07, 6.45) is 0. The lowest BCUT2D eigenvalue weighted by molar-refractivity contribution is 0.0693. The average molecular weight is 315 g/mol. The maximum absolute atomic E-state index is 13.0. The van der Waals surface area contributed by atoms with Crippen molar-refractivity contribution < 1.29 is 19.0 Å². The Bertz CT molecular complexity index is 659. The number of ether oxygens (including phenoxy) is 1. The van der Waals surface area contributed by atoms with Gasteiger partial charge in [-0.05, 0) is 24.3 Å². The van der Waals surface area contributed by atoms with Crippen LogP contribution in [0, 0.1) is 5.82 Å². The monoisotopic (exact) mass is 314 g/mol. The smallest absolute Gasteiger partial charge is 0.336 e. The molecule has 0 aliphatic rings. The number of carbonyl (C=O) groups is 1. The average Bonchev–Trinajstić information content (AvgIpc) is 2.40. The van der Waals surface area contributed by atoms with Gasteiger partial charge in [0.05, 0.1) is 10.6 Å². The zero-order chi connectivity index (χ0) is 14.7. The molecular weight excluding hydrogens is 306 g/mol. The van der Waals surface area contributed by atoms with Gasteiger partial charge in [0.15, 0.2) is 0 Å². The molecule has 0 aliphatic carbocycles. The van der Waals surface area contributed by atoms with Crippen LogP contribution in [0.4, 0.5) is 4.39 Å². The molecule has 0 spiro atoms. The molecule has 0 aliphatic heterocycles. The molecule has 104 valence electrons. The van der Waals surface area contributed by atoms with Crippen LogP contribution in [0.25, 0.3) is 0 Å². The van der Waals surface area contributed by atoms with Crippen molar-refractivity contribution in [1.82, 2.24) is 0 Å². The Morgan fingerprint density at radius 1 is 1.20 bits per heavy atom. The molecule has 0 saturated heterocycles. The Morgan fingerprint density at radius 2 is 1.95 bits per heavy atom. The SMILES string of the molecule is O=C(O)c1cc(F)ccc1COc1cc(Cl)ccc1Cl. The van der Waals surface area contributed by atoms with Crippen LogP contribution in [0.2, 0.25) is 10.0 Å². The van der Waals surface area contributed by atoms with Crippen LogP contribution < -0.4 is 4.74 Å². The predicted octanol–water partition coefficient (Wildman–Crippen LogP) is 4.41. The molecule has 2 aromatic carbocycles. The van der Waals surface area contributed by atoms with Crippen LogP contribution >= 0.6 is 23.2 Å². The van der Waals surface area contributed by atoms with E-state index in [0.29, 0.717) is 21.4 Å². The summed E-state index contributed by atoms with van der Waals surface area (Å²) in [5, 5.41) is 9.82. The molecule has 3 nitrogen and oxygen atoms in total. The lowest BCUT2D eigenvalue weighted by atomic mass is 10.1. The van der Waals surface area contributed by atoms with Gasteiger partial charge >= 0.3 is 5.97 Å². The number of aromatic carboxylic acids is 1. The van der Waals surface area contributed by atoms with E-state index in [1.54, 1.807) is 12.1 Å². The van der Waals surface area contributed by atoms with Crippen molar-refractivity contribution in [1.29, 1.82) is 0 Å². The van der Waals surface area contributed by atoms with Crippen LogP contribution in [0.5, 0.6) is 5.75 Å². The van der Waals surface area contributed by atoms with E-state index in [9.17, 15) is 9.18 Å². The van der Waals surface area contributed by atoms with E-state index >= 15 is 0 Å². The highest BCUT2D eigenvalue weighted by atomic mass is 35.5. The fourth-order valence-corrected chi connectivity index (χ4v) is 1.95. The number of halogens is 3. The minimum Gasteiger partial charge on any atom is -0.487 e. The summed E-state index contributed by atoms with van der Waals surface area (Å²) >= 11 is 11.7. The summed E-state index contributed by atoms with van der Waals surface area (Å²) in [6, 6.07) is 8.18. The highest BCUT2D eigenvalue weighted by Gasteiger charge is 2.12. The molecule has 0 amide bonds. The molecule has 20 heavy (non-hydrogen) atoms. The Hall–Kier alpha value is -1.78. The van der Waals surface area contributed by atoms with Gasteiger partial charge in [-0.15, -0.1) is 0 Å². The van der Waals surface area contributed by atoms with Crippen LogP contribution in [0.3, 0.4) is 0 Å². The minimum atomic E-state index is -1.22. The predicted molar refractivity (Wildman–Crippen MR) is 74.2 cm³/mol. The van der Waals surface area contributed by atoms with Gasteiger partial charge < -0.3 is 9.84 Å². The quantitative estimate of drug-likeness (QED) is 0.909. The highest BCUT2D eigenvalue weighted by Crippen LogP contribution is 2.28. The van der Waals surface area contributed by atoms with Crippen molar-refractivity contribution in [3.05, 3.63) is 63.4 Å². The zero-order valence-electron chi connectivity index (χ0n) is 10.1. The van der Waals surface area contributed by atoms with E-state index in [-0.39, 0.29) is 12.2 Å². The molecule has 0 radical (unpaired) electrons. The van der Waals surface area contributed by atoms with Gasteiger partial charge in [-0.25, -0.2) is 9.18 Å². The van der Waals surface area contributed by atoms with Gasteiger partial charge in [-0.3, -0.25) is 0 Å². The summed E-state index contributed by atoms with van der Waals surface area (Å²) in [5.74, 6) is -1.51. The van der Waals surface area contributed by atoms with Crippen molar-refractivity contribution in [3.8, 4) is 5.75 Å². The van der Waals surface area contributed by atoms with Crippen molar-refractivity contribution in [3.63, 3.8) is 0 Å². The number of benzene rings is 2. The van der Waals surface area contributed by atoms with E-state index in [1.165, 1.54) is 18.2 Å². The molecule has 0 unspecified atom stereocenters. The number of hydrogen-bond donors (Lipinski definition) is 1. The second-order valence-corrected chi connectivity index (χ2v) is 4.81. The fraction of sp³-hybridized carbons (Fsp3) is 0.0714. The van der Waals surface area contributed by atoms with E-state index < -0.39 is 11.8 Å². The number of carboxylic acid groups (broad SMARTS) is 1. The maximum atomic E-state index is 13.0. The topological polar surface area (TPSA) is 46.5 Å². The molecule has 0 bridgehead atoms. The molecule has 0 heterocycles. The first-order valence-electron chi connectivity index (χ1n) is 5.57. The Balaban J connectivity index is 2.23. The van der Waals surface area contributed by atoms with Crippen molar-refractivity contribution in [2.75, 3.05) is 0 Å². The highest BCUT2D eigenvalue weighted by molar-refractivity contribution is 6.34. The van der Waals surface area contributed by atoms with Gasteiger partial charge in [-0.2, -0.15) is 0 Å². The molecule has 0 aromatic heterocycles. The molecule has 1 N–H and O–H groups in total. The summed E-state index contributed by atoms with van der Waals surface area (Å²) in [4.78, 5) is 11.0. The standard InChI is InChI=1S/C14H9Cl2FO3/c15-9-2-4-12(16)13(5-9)20-7-8-1-3-10(17)6-11(8)14(18)19/h1-6H,7H2,(H,18,19). The van der Waals surface area contributed by atoms with E-state index in [1.807, 2.05) is 0 Å². The first-order chi connectivity index (χ1) is 9.47. The summed E-state index contributed by atoms with van der Waals surface area (Å²) < 4.78 is 18.5. The lowest BCUT2D eigenvalue weighted by Gasteiger charge is -2.10. The number of hydrogen-bond acceptors (Lipinski definition) is 2. The number of carboxylic acids is 1. The molecule has 0 saturated carbocycles. The van der Waals surface area contributed by atoms with Crippen molar-refractivity contribution >= 4 is 29.2 Å². The minimum absolute atomic E-state index is 0.0536. The van der Waals surface area contributed by atoms with Crippen LogP contribution in [0.1, 0.15) is 15.9 Å². The Labute approximate surface area is 124 Å². The third kappa shape index (κ3) is 3.40. The third-order valence-corrected chi connectivity index (χ3v) is 3.13. The van der Waals surface area contributed by atoms with Gasteiger partial charge in [0.2, 0.25) is 0 Å². The molecule has 0 fully saturated rings. The molecule has 2 rings (SSSR count). The van der Waals surface area contributed by atoms with Crippen LogP contribution in [-0.2, 0) is 6.61 Å². The molecule has 6 heteroatoms. The normalized spacial score (nSPS) is 10.3. The van der Waals surface area contributed by atoms with E-state index in [4.69, 9.17) is 33.0 Å². The van der Waals surface area contributed by atoms with Gasteiger partial charge in [0, 0.05) is 16.7 Å². The van der Waals surface area contributed by atoms with Crippen LogP contribution in [0.15, 0.2) is 36.4 Å². The van der Waals surface area contributed by atoms with Crippen LogP contribution in [-0.4, -0.2) is 11.1 Å². The second-order valence-electron chi connectivity index (χ2n) is 3.97. The third-order valence-electron chi connectivity index (χ3n) is 2.58. The van der Waals surface area contributed by atoms with Crippen molar-refractivity contribution in [2.45, 2.75) is 6.61 Å². The fourth-order valence-electron chi connectivity index (χ4n) is 1.62. The van der Waals surface area contributed by atoms with E-state index in [2.05, 4.69) is 0 Å². The largest absolute Gasteiger partial charge is 0.487 e. The van der Waals surface area contributed by atoms with Gasteiger partial charge in [-0.1, -0.05) is 29.3 Å². The molecular formula is C14H9Cl2FO3. The first-order valence-corrected chi connectivity index (χ1v) is 6.32. The molecule has 2 aromatic rings. The van der Waals surface area contributed by atoms with E-state index in [0.717, 1.165) is 6.07 Å².